The fourth-order valence-corrected chi connectivity index (χ4v) is 5.57. The first-order valence-electron chi connectivity index (χ1n) is 7.51. The summed E-state index contributed by atoms with van der Waals surface area (Å²) in [5.41, 5.74) is 0. The molecule has 0 saturated carbocycles. The zero-order valence-electron chi connectivity index (χ0n) is 14.8. The van der Waals surface area contributed by atoms with Crippen LogP contribution in [0.4, 0.5) is 0 Å². The highest BCUT2D eigenvalue weighted by Crippen LogP contribution is 2.58. The van der Waals surface area contributed by atoms with Crippen molar-refractivity contribution in [3.63, 3.8) is 0 Å². The average Bonchev–Trinajstić information content (AvgIpc) is 2.21. The summed E-state index contributed by atoms with van der Waals surface area (Å²) in [5, 5.41) is 0. The molecule has 0 aliphatic rings. The quantitative estimate of drug-likeness (QED) is 0.478. The van der Waals surface area contributed by atoms with Gasteiger partial charge in [-0.3, -0.25) is 9.13 Å². The highest BCUT2D eigenvalue weighted by atomic mass is 31.2. The van der Waals surface area contributed by atoms with Crippen LogP contribution in [0.15, 0.2) is 11.6 Å². The van der Waals surface area contributed by atoms with Crippen LogP contribution in [0, 0.1) is 0 Å². The van der Waals surface area contributed by atoms with E-state index in [-0.39, 0.29) is 24.4 Å². The summed E-state index contributed by atoms with van der Waals surface area (Å²) in [6.45, 7) is 14.0. The van der Waals surface area contributed by atoms with E-state index in [1.165, 1.54) is 11.6 Å². The number of hydrogen-bond donors (Lipinski definition) is 0. The van der Waals surface area contributed by atoms with Crippen LogP contribution in [0.2, 0.25) is 0 Å². The van der Waals surface area contributed by atoms with Crippen molar-refractivity contribution < 1.29 is 27.2 Å². The normalized spacial score (nSPS) is 14.2. The molecule has 0 aliphatic heterocycles. The second kappa shape index (κ2) is 9.36. The minimum Gasteiger partial charge on any atom is -0.303 e. The maximum absolute atomic E-state index is 12.7. The van der Waals surface area contributed by atoms with Crippen molar-refractivity contribution in [2.75, 3.05) is 0 Å². The topological polar surface area (TPSA) is 71.1 Å². The van der Waals surface area contributed by atoms with Gasteiger partial charge in [0.05, 0.1) is 24.4 Å². The minimum atomic E-state index is -3.53. The Labute approximate surface area is 134 Å². The molecule has 0 heterocycles. The molecular weight excluding hydrogens is 326 g/mol. The zero-order chi connectivity index (χ0) is 17.6. The third-order valence-corrected chi connectivity index (χ3v) is 5.99. The molecule has 0 aromatic heterocycles. The molecule has 0 aromatic carbocycles. The van der Waals surface area contributed by atoms with E-state index in [9.17, 15) is 9.13 Å². The smallest absolute Gasteiger partial charge is 0.303 e. The minimum absolute atomic E-state index is 0.300. The molecule has 0 atom stereocenters. The predicted octanol–water partition coefficient (Wildman–Crippen LogP) is 5.54. The van der Waals surface area contributed by atoms with Crippen molar-refractivity contribution in [3.8, 4) is 0 Å². The molecule has 6 nitrogen and oxygen atoms in total. The largest absolute Gasteiger partial charge is 0.355 e. The van der Waals surface area contributed by atoms with E-state index < -0.39 is 15.2 Å². The van der Waals surface area contributed by atoms with E-state index in [0.717, 1.165) is 0 Å². The summed E-state index contributed by atoms with van der Waals surface area (Å²) in [6.07, 6.45) is -1.20. The third-order valence-electron chi connectivity index (χ3n) is 1.86. The van der Waals surface area contributed by atoms with E-state index in [2.05, 4.69) is 0 Å². The lowest BCUT2D eigenvalue weighted by atomic mass is 10.5. The molecular formula is C14H30O6P2. The molecule has 0 spiro atoms. The Morgan fingerprint density at radius 2 is 0.727 bits per heavy atom. The molecule has 0 aliphatic carbocycles. The lowest BCUT2D eigenvalue weighted by Gasteiger charge is -2.22. The van der Waals surface area contributed by atoms with E-state index in [4.69, 9.17) is 18.1 Å². The second-order valence-electron chi connectivity index (χ2n) is 5.99. The number of hydrogen-bond acceptors (Lipinski definition) is 6. The van der Waals surface area contributed by atoms with Crippen molar-refractivity contribution in [2.45, 2.75) is 79.8 Å². The molecule has 0 bridgehead atoms. The van der Waals surface area contributed by atoms with Gasteiger partial charge in [0.15, 0.2) is 0 Å². The standard InChI is InChI=1S/C14H30O6P2/c1-11(2)17-21(15,18-12(3)4)9-10-22(16,19-13(5)6)20-14(7)8/h9-14H,1-8H3/b10-9-. The van der Waals surface area contributed by atoms with Crippen LogP contribution in [0.3, 0.4) is 0 Å². The first-order valence-corrected chi connectivity index (χ1v) is 10.7. The summed E-state index contributed by atoms with van der Waals surface area (Å²) < 4.78 is 46.9. The van der Waals surface area contributed by atoms with Crippen LogP contribution in [0.5, 0.6) is 0 Å². The van der Waals surface area contributed by atoms with Crippen molar-refractivity contribution in [2.24, 2.45) is 0 Å². The van der Waals surface area contributed by atoms with Crippen LogP contribution in [-0.2, 0) is 27.2 Å². The second-order valence-corrected chi connectivity index (χ2v) is 9.59. The van der Waals surface area contributed by atoms with Crippen molar-refractivity contribution in [3.05, 3.63) is 11.6 Å². The van der Waals surface area contributed by atoms with E-state index >= 15 is 0 Å². The van der Waals surface area contributed by atoms with Crippen LogP contribution < -0.4 is 0 Å². The highest BCUT2D eigenvalue weighted by molar-refractivity contribution is 7.61. The Balaban J connectivity index is 5.37. The van der Waals surface area contributed by atoms with Crippen molar-refractivity contribution in [1.82, 2.24) is 0 Å². The van der Waals surface area contributed by atoms with Gasteiger partial charge in [-0.1, -0.05) is 0 Å². The fraction of sp³-hybridized carbons (Fsp3) is 0.857. The first kappa shape index (κ1) is 22.0. The Morgan fingerprint density at radius 3 is 0.864 bits per heavy atom. The summed E-state index contributed by atoms with van der Waals surface area (Å²) in [6, 6.07) is 0. The van der Waals surface area contributed by atoms with Gasteiger partial charge in [0.25, 0.3) is 0 Å². The average molecular weight is 356 g/mol. The van der Waals surface area contributed by atoms with Gasteiger partial charge in [-0.15, -0.1) is 0 Å². The molecule has 0 unspecified atom stereocenters. The van der Waals surface area contributed by atoms with Gasteiger partial charge in [0.2, 0.25) is 0 Å². The van der Waals surface area contributed by atoms with Gasteiger partial charge in [0.1, 0.15) is 0 Å². The van der Waals surface area contributed by atoms with Crippen LogP contribution >= 0.6 is 15.2 Å². The molecule has 0 N–H and O–H groups in total. The van der Waals surface area contributed by atoms with Crippen LogP contribution in [-0.4, -0.2) is 24.4 Å². The Morgan fingerprint density at radius 1 is 0.545 bits per heavy atom. The summed E-state index contributed by atoms with van der Waals surface area (Å²) in [4.78, 5) is 0. The highest BCUT2D eigenvalue weighted by Gasteiger charge is 2.30. The van der Waals surface area contributed by atoms with Gasteiger partial charge < -0.3 is 18.1 Å². The fourth-order valence-electron chi connectivity index (χ4n) is 1.53. The SMILES string of the molecule is CC(C)OP(=O)(/C=C\P(=O)(OC(C)C)OC(C)C)OC(C)C. The zero-order valence-corrected chi connectivity index (χ0v) is 16.6. The van der Waals surface area contributed by atoms with Crippen molar-refractivity contribution in [1.29, 1.82) is 0 Å². The molecule has 0 amide bonds. The maximum Gasteiger partial charge on any atom is 0.355 e. The van der Waals surface area contributed by atoms with Gasteiger partial charge in [-0.25, -0.2) is 0 Å². The molecule has 8 heteroatoms. The lowest BCUT2D eigenvalue weighted by molar-refractivity contribution is 0.145. The summed E-state index contributed by atoms with van der Waals surface area (Å²) in [5.74, 6) is 2.36. The Bertz CT molecular complexity index is 375. The van der Waals surface area contributed by atoms with E-state index in [0.29, 0.717) is 0 Å². The molecule has 0 saturated heterocycles. The van der Waals surface area contributed by atoms with Gasteiger partial charge in [-0.05, 0) is 55.4 Å². The van der Waals surface area contributed by atoms with E-state index in [1.807, 2.05) is 0 Å². The monoisotopic (exact) mass is 356 g/mol. The Kier molecular flexibility index (Phi) is 9.38. The lowest BCUT2D eigenvalue weighted by Crippen LogP contribution is -2.08. The summed E-state index contributed by atoms with van der Waals surface area (Å²) >= 11 is 0. The third kappa shape index (κ3) is 9.94. The van der Waals surface area contributed by atoms with Gasteiger partial charge in [-0.2, -0.15) is 0 Å². The number of rotatable bonds is 10. The molecule has 0 rings (SSSR count). The molecule has 0 aromatic rings. The molecule has 0 fully saturated rings. The molecule has 132 valence electrons. The van der Waals surface area contributed by atoms with Crippen molar-refractivity contribution >= 4 is 15.2 Å². The van der Waals surface area contributed by atoms with Crippen LogP contribution in [0.25, 0.3) is 0 Å². The van der Waals surface area contributed by atoms with Crippen LogP contribution in [0.1, 0.15) is 55.4 Å². The van der Waals surface area contributed by atoms with E-state index in [1.54, 1.807) is 55.4 Å². The Hall–Kier alpha value is 0.0400. The predicted molar refractivity (Wildman–Crippen MR) is 89.2 cm³/mol. The van der Waals surface area contributed by atoms with Gasteiger partial charge >= 0.3 is 15.2 Å². The summed E-state index contributed by atoms with van der Waals surface area (Å²) in [7, 11) is -7.06. The maximum atomic E-state index is 12.7. The molecule has 0 radical (unpaired) electrons. The first-order chi connectivity index (χ1) is 9.87. The molecule has 22 heavy (non-hydrogen) atoms. The van der Waals surface area contributed by atoms with Gasteiger partial charge in [0, 0.05) is 11.6 Å².